The number of aromatic amines is 2. The second kappa shape index (κ2) is 30.6. The van der Waals surface area contributed by atoms with Gasteiger partial charge in [0.25, 0.3) is 11.1 Å². The Morgan fingerprint density at radius 1 is 0.670 bits per heavy atom. The first kappa shape index (κ1) is 72.7. The number of H-pyrrole nitrogens is 2. The van der Waals surface area contributed by atoms with Crippen LogP contribution in [0.5, 0.6) is 0 Å². The zero-order chi connectivity index (χ0) is 69.2. The molecule has 4 aliphatic rings. The number of unbranched alkanes of at least 4 members (excludes halogenated alkanes) is 2. The van der Waals surface area contributed by atoms with E-state index >= 15 is 4.39 Å². The van der Waals surface area contributed by atoms with Gasteiger partial charge in [-0.15, -0.1) is 0 Å². The fourth-order valence-corrected chi connectivity index (χ4v) is 10.1. The molecular formula is C51H71F4N21O18. The number of imidazole rings is 2. The number of ether oxygens (including phenoxy) is 6. The van der Waals surface area contributed by atoms with Crippen molar-refractivity contribution >= 4 is 51.9 Å². The first-order chi connectivity index (χ1) is 44.7. The van der Waals surface area contributed by atoms with E-state index in [0.717, 1.165) is 44.9 Å². The van der Waals surface area contributed by atoms with Gasteiger partial charge < -0.3 is 93.5 Å². The number of alkyl halides is 4. The lowest BCUT2D eigenvalue weighted by Crippen LogP contribution is -2.51. The molecule has 39 nitrogen and oxygen atoms in total. The Labute approximate surface area is 525 Å². The number of anilines is 3. The standard InChI is InChI=1S/C19H27FN6O6.C11H15FN6O4.C11H15FN6O3.C10H14FN3O5/c1-3-5-7-13(27)30-11-19(24-25-22)16(31-14(28)8-6-4-2)15(20)17(32-19)26-10-9-12(21)23-18(26)29;12-4-6(20)11(1-13,2-19)22-9(4)18-3-15-5-7(18)16-10(14)17-8(5)21;12-5-7(20)11(1-13,2-19)21-10(5)18-4-17-6-8(14)15-3-16-9(6)18;11-6-7(17)10(3-12,4-15)19-8(6)14-2-1-5(16)13-9(14)18/h9-10,15-17H,3-8,11H2,1-2H3,(H2,21,23,29);3-4,6,9,19-20H,1-2,13H2,(H3,14,16,17,21);3-5,7,10,19-20H,1-2,13H2,(H2,14,15,16);1-2,6-8,15,17H,3-4,12H2,(H,13,16,18)/t15-,16+,17-,19-;4-,6+,9-,11-;5-,7+,10-,11-;6-,7+,8-,10-/m1111/s1. The summed E-state index contributed by atoms with van der Waals surface area (Å²) in [6.45, 7) is 0.238. The molecule has 94 heavy (non-hydrogen) atoms. The minimum absolute atomic E-state index is 0.00357. The van der Waals surface area contributed by atoms with Crippen molar-refractivity contribution in [2.24, 2.45) is 22.3 Å². The van der Waals surface area contributed by atoms with Gasteiger partial charge in [-0.05, 0) is 24.4 Å². The molecule has 0 saturated carbocycles. The fraction of sp³-hybridized carbons (Fsp3) is 0.608. The predicted molar refractivity (Wildman–Crippen MR) is 313 cm³/mol. The number of aliphatic hydroxyl groups is 6. The van der Waals surface area contributed by atoms with Crippen LogP contribution in [0, 0.1) is 0 Å². The average molecular weight is 1340 g/mol. The van der Waals surface area contributed by atoms with Crippen LogP contribution in [-0.4, -0.2) is 218 Å². The van der Waals surface area contributed by atoms with Gasteiger partial charge in [0, 0.05) is 55.8 Å². The highest BCUT2D eigenvalue weighted by Gasteiger charge is 2.61. The lowest BCUT2D eigenvalue weighted by Gasteiger charge is -2.28. The number of fused-ring (bicyclic) bond motifs is 2. The van der Waals surface area contributed by atoms with Gasteiger partial charge in [-0.3, -0.25) is 47.4 Å². The summed E-state index contributed by atoms with van der Waals surface area (Å²) in [7, 11) is 0. The molecular weight excluding hydrogens is 1270 g/mol. The van der Waals surface area contributed by atoms with Crippen LogP contribution in [0.2, 0.25) is 0 Å². The summed E-state index contributed by atoms with van der Waals surface area (Å²) in [5.74, 6) is -1.47. The third-order valence-electron chi connectivity index (χ3n) is 15.6. The number of aliphatic hydroxyl groups excluding tert-OH is 6. The average Bonchev–Trinajstić information content (AvgIpc) is 1.62. The van der Waals surface area contributed by atoms with Gasteiger partial charge in [-0.1, -0.05) is 31.8 Å². The Morgan fingerprint density at radius 3 is 1.66 bits per heavy atom. The van der Waals surface area contributed by atoms with Crippen molar-refractivity contribution in [1.82, 2.24) is 58.1 Å². The molecule has 0 radical (unpaired) electrons. The van der Waals surface area contributed by atoms with Crippen molar-refractivity contribution in [2.75, 3.05) is 63.3 Å². The second-order valence-electron chi connectivity index (χ2n) is 21.7. The van der Waals surface area contributed by atoms with Crippen molar-refractivity contribution in [2.45, 2.75) is 149 Å². The minimum atomic E-state index is -2.22. The number of hydrogen-bond acceptors (Lipinski definition) is 31. The molecule has 43 heteroatoms. The van der Waals surface area contributed by atoms with E-state index in [1.807, 2.05) is 18.8 Å². The van der Waals surface area contributed by atoms with Gasteiger partial charge in [0.2, 0.25) is 11.7 Å². The number of nitrogens with one attached hydrogen (secondary N) is 2. The van der Waals surface area contributed by atoms with Crippen molar-refractivity contribution in [3.05, 3.63) is 95.6 Å². The number of carbonyl (C=O) groups is 2. The quantitative estimate of drug-likeness (QED) is 0.0114. The molecule has 20 N–H and O–H groups in total. The van der Waals surface area contributed by atoms with Crippen molar-refractivity contribution in [3.8, 4) is 0 Å². The number of rotatable bonds is 20. The highest BCUT2D eigenvalue weighted by Crippen LogP contribution is 2.44. The molecule has 6 aromatic rings. The first-order valence-corrected chi connectivity index (χ1v) is 28.7. The van der Waals surface area contributed by atoms with Crippen LogP contribution in [0.4, 0.5) is 35.1 Å². The topological polar surface area (TPSA) is 613 Å². The smallest absolute Gasteiger partial charge is 0.351 e. The maximum absolute atomic E-state index is 15.5. The molecule has 0 aromatic carbocycles. The van der Waals surface area contributed by atoms with Gasteiger partial charge in [0.15, 0.2) is 78.3 Å². The molecule has 4 saturated heterocycles. The van der Waals surface area contributed by atoms with Crippen LogP contribution in [0.1, 0.15) is 77.3 Å². The summed E-state index contributed by atoms with van der Waals surface area (Å²) in [6.07, 6.45) is -11.7. The molecule has 0 spiro atoms. The van der Waals surface area contributed by atoms with Crippen LogP contribution in [0.3, 0.4) is 0 Å². The molecule has 0 bridgehead atoms. The SMILES string of the molecule is CCCCC(=O)OC[C@@]1(N=[N+]=[N-])O[C@@H](n2ccc(N)nc2=O)[C@H](F)[C@@H]1OC(=O)CCCC.NC[C@]1(CO)O[C@@H](n2ccc(=O)[nH]c2=O)[C@H](F)[C@@H]1O.NC[C@]1(CO)O[C@@H](n2cnc3c(=O)[nH]c(N)nc32)[C@H](F)[C@@H]1O.NC[C@]1(CO)O[C@@H](n2cnc3c(N)ncnc32)[C@H](F)[C@@H]1O. The molecule has 16 atom stereocenters. The third kappa shape index (κ3) is 14.5. The Morgan fingerprint density at radius 2 is 1.17 bits per heavy atom. The highest BCUT2D eigenvalue weighted by atomic mass is 19.1. The van der Waals surface area contributed by atoms with Crippen LogP contribution in [0.15, 0.2) is 67.8 Å². The van der Waals surface area contributed by atoms with Crippen LogP contribution in [0.25, 0.3) is 32.8 Å². The summed E-state index contributed by atoms with van der Waals surface area (Å²) in [5.41, 5.74) is 32.5. The Hall–Kier alpha value is -8.69. The van der Waals surface area contributed by atoms with Crippen LogP contribution in [-0.2, 0) is 38.0 Å². The number of nitrogen functional groups attached to an aromatic ring is 3. The second-order valence-corrected chi connectivity index (χ2v) is 21.7. The van der Waals surface area contributed by atoms with Gasteiger partial charge in [0.1, 0.15) is 59.4 Å². The molecule has 10 heterocycles. The van der Waals surface area contributed by atoms with Gasteiger partial charge in [0.05, 0.1) is 32.5 Å². The normalized spacial score (nSPS) is 30.2. The lowest BCUT2D eigenvalue weighted by atomic mass is 9.97. The van der Waals surface area contributed by atoms with Crippen molar-refractivity contribution in [1.29, 1.82) is 0 Å². The maximum Gasteiger partial charge on any atom is 0.351 e. The van der Waals surface area contributed by atoms with E-state index in [-0.39, 0.29) is 66.9 Å². The number of esters is 2. The molecule has 4 aliphatic heterocycles. The zero-order valence-electron chi connectivity index (χ0n) is 50.0. The molecule has 0 unspecified atom stereocenters. The Kier molecular flexibility index (Phi) is 23.7. The summed E-state index contributed by atoms with van der Waals surface area (Å²) in [6, 6.07) is 2.27. The monoisotopic (exact) mass is 1340 g/mol. The number of nitrogens with two attached hydrogens (primary N) is 6. The highest BCUT2D eigenvalue weighted by molar-refractivity contribution is 5.81. The van der Waals surface area contributed by atoms with E-state index < -0.39 is 157 Å². The summed E-state index contributed by atoms with van der Waals surface area (Å²) in [4.78, 5) is 101. The summed E-state index contributed by atoms with van der Waals surface area (Å²) < 4.78 is 94.5. The van der Waals surface area contributed by atoms with Gasteiger partial charge >= 0.3 is 23.3 Å². The first-order valence-electron chi connectivity index (χ1n) is 28.7. The number of hydrogen-bond donors (Lipinski definition) is 14. The Bertz CT molecular complexity index is 3880. The Balaban J connectivity index is 0.000000181. The van der Waals surface area contributed by atoms with E-state index in [4.69, 9.17) is 68.4 Å². The molecule has 6 aromatic heterocycles. The molecule has 4 fully saturated rings. The van der Waals surface area contributed by atoms with E-state index in [0.29, 0.717) is 24.8 Å². The number of halogens is 4. The number of nitrogens with zero attached hydrogens (tertiary/aromatic N) is 13. The lowest BCUT2D eigenvalue weighted by molar-refractivity contribution is -0.177. The molecule has 516 valence electrons. The van der Waals surface area contributed by atoms with Gasteiger partial charge in [-0.2, -0.15) is 9.97 Å². The minimum Gasteiger partial charge on any atom is -0.462 e. The number of aromatic nitrogens is 12. The van der Waals surface area contributed by atoms with E-state index in [2.05, 4.69) is 44.9 Å². The molecule has 10 rings (SSSR count). The number of azide groups is 1. The van der Waals surface area contributed by atoms with Crippen LogP contribution < -0.4 is 56.9 Å². The van der Waals surface area contributed by atoms with Crippen molar-refractivity contribution in [3.63, 3.8) is 0 Å². The largest absolute Gasteiger partial charge is 0.462 e. The number of carbonyl (C=O) groups excluding carboxylic acids is 2. The zero-order valence-corrected chi connectivity index (χ0v) is 50.0. The fourth-order valence-electron chi connectivity index (χ4n) is 10.1. The summed E-state index contributed by atoms with van der Waals surface area (Å²) >= 11 is 0. The van der Waals surface area contributed by atoms with Crippen molar-refractivity contribution < 1.29 is 86.2 Å². The predicted octanol–water partition coefficient (Wildman–Crippen LogP) is -4.07. The maximum atomic E-state index is 15.5. The van der Waals surface area contributed by atoms with Crippen LogP contribution >= 0.6 is 0 Å². The van der Waals surface area contributed by atoms with E-state index in [9.17, 15) is 72.6 Å². The van der Waals surface area contributed by atoms with E-state index in [1.165, 1.54) is 23.3 Å². The molecule has 0 aliphatic carbocycles. The molecule has 0 amide bonds. The van der Waals surface area contributed by atoms with E-state index in [1.54, 1.807) is 0 Å². The third-order valence-corrected chi connectivity index (χ3v) is 15.6. The van der Waals surface area contributed by atoms with Gasteiger partial charge in [-0.25, -0.2) is 47.1 Å². The summed E-state index contributed by atoms with van der Waals surface area (Å²) in [5, 5.41) is 61.2.